The number of hydrogen-bond acceptors (Lipinski definition) is 4. The molecule has 0 saturated carbocycles. The Morgan fingerprint density at radius 1 is 1.37 bits per heavy atom. The first-order valence-electron chi connectivity index (χ1n) is 9.49. The van der Waals surface area contributed by atoms with Crippen LogP contribution < -0.4 is 5.32 Å². The first-order chi connectivity index (χ1) is 14.2. The Bertz CT molecular complexity index is 1100. The number of nitrogens with one attached hydrogen (secondary N) is 1. The summed E-state index contributed by atoms with van der Waals surface area (Å²) in [6.45, 7) is 8.21. The number of nitriles is 1. The number of nitrogens with zero attached hydrogens (tertiary/aromatic N) is 5. The summed E-state index contributed by atoms with van der Waals surface area (Å²) in [7, 11) is 0. The molecule has 2 heterocycles. The molecule has 0 saturated heterocycles. The van der Waals surface area contributed by atoms with E-state index in [2.05, 4.69) is 15.4 Å². The predicted octanol–water partition coefficient (Wildman–Crippen LogP) is 4.12. The second-order valence-corrected chi connectivity index (χ2v) is 7.81. The standard InChI is InChI=1S/C21H22ClFN6O/c1-12(2)29-11-20(26-14(29)4)21(30)25-13(3)10-28-6-5-19(27-28)15-7-17(22)16(9-24)18(23)8-15/h5-8,11-13H,10H2,1-4H3,(H,25,30)/t13-/m0/s1. The van der Waals surface area contributed by atoms with E-state index in [1.807, 2.05) is 32.3 Å². The molecule has 2 aromatic heterocycles. The van der Waals surface area contributed by atoms with Gasteiger partial charge in [-0.2, -0.15) is 10.4 Å². The zero-order valence-electron chi connectivity index (χ0n) is 17.1. The van der Waals surface area contributed by atoms with Crippen LogP contribution in [0.5, 0.6) is 0 Å². The van der Waals surface area contributed by atoms with Crippen LogP contribution in [0.1, 0.15) is 48.7 Å². The molecule has 0 aliphatic carbocycles. The number of benzene rings is 1. The van der Waals surface area contributed by atoms with Crippen LogP contribution >= 0.6 is 11.6 Å². The van der Waals surface area contributed by atoms with Gasteiger partial charge in [0, 0.05) is 30.0 Å². The predicted molar refractivity (Wildman–Crippen MR) is 112 cm³/mol. The van der Waals surface area contributed by atoms with Crippen molar-refractivity contribution in [3.05, 3.63) is 58.5 Å². The smallest absolute Gasteiger partial charge is 0.271 e. The normalized spacial score (nSPS) is 12.1. The average molecular weight is 429 g/mol. The summed E-state index contributed by atoms with van der Waals surface area (Å²) in [5.41, 5.74) is 1.18. The molecule has 7 nitrogen and oxygen atoms in total. The molecule has 0 fully saturated rings. The number of halogens is 2. The number of imidazole rings is 1. The molecule has 1 atom stereocenters. The second kappa shape index (κ2) is 8.67. The quantitative estimate of drug-likeness (QED) is 0.639. The van der Waals surface area contributed by atoms with Gasteiger partial charge >= 0.3 is 0 Å². The number of amides is 1. The average Bonchev–Trinajstić information content (AvgIpc) is 3.28. The van der Waals surface area contributed by atoms with Gasteiger partial charge in [0.15, 0.2) is 0 Å². The third kappa shape index (κ3) is 4.52. The molecule has 30 heavy (non-hydrogen) atoms. The Hall–Kier alpha value is -3.18. The Morgan fingerprint density at radius 2 is 2.10 bits per heavy atom. The molecule has 1 aromatic carbocycles. The molecule has 0 bridgehead atoms. The third-order valence-electron chi connectivity index (χ3n) is 4.64. The number of aryl methyl sites for hydroxylation is 1. The molecule has 0 aliphatic rings. The SMILES string of the molecule is Cc1nc(C(=O)N[C@@H](C)Cn2ccc(-c3cc(F)c(C#N)c(Cl)c3)n2)cn1C(C)C. The molecule has 3 aromatic rings. The van der Waals surface area contributed by atoms with E-state index in [4.69, 9.17) is 16.9 Å². The molecule has 156 valence electrons. The van der Waals surface area contributed by atoms with Crippen LogP contribution in [-0.4, -0.2) is 31.3 Å². The molecule has 9 heteroatoms. The highest BCUT2D eigenvalue weighted by Gasteiger charge is 2.17. The van der Waals surface area contributed by atoms with Crippen LogP contribution in [0.4, 0.5) is 4.39 Å². The monoisotopic (exact) mass is 428 g/mol. The Balaban J connectivity index is 1.68. The van der Waals surface area contributed by atoms with Crippen molar-refractivity contribution in [3.8, 4) is 17.3 Å². The summed E-state index contributed by atoms with van der Waals surface area (Å²) in [5, 5.41) is 16.3. The summed E-state index contributed by atoms with van der Waals surface area (Å²) in [6.07, 6.45) is 3.48. The van der Waals surface area contributed by atoms with Gasteiger partial charge in [-0.05, 0) is 45.9 Å². The van der Waals surface area contributed by atoms with E-state index in [1.165, 1.54) is 12.1 Å². The molecular formula is C21H22ClFN6O. The lowest BCUT2D eigenvalue weighted by Crippen LogP contribution is -2.36. The maximum Gasteiger partial charge on any atom is 0.271 e. The molecule has 0 spiro atoms. The van der Waals surface area contributed by atoms with Crippen molar-refractivity contribution in [2.75, 3.05) is 0 Å². The zero-order chi connectivity index (χ0) is 22.0. The summed E-state index contributed by atoms with van der Waals surface area (Å²) in [4.78, 5) is 16.8. The molecule has 1 amide bonds. The van der Waals surface area contributed by atoms with Gasteiger partial charge < -0.3 is 9.88 Å². The summed E-state index contributed by atoms with van der Waals surface area (Å²) < 4.78 is 17.6. The van der Waals surface area contributed by atoms with Gasteiger partial charge in [0.2, 0.25) is 0 Å². The van der Waals surface area contributed by atoms with E-state index in [1.54, 1.807) is 29.2 Å². The van der Waals surface area contributed by atoms with Gasteiger partial charge in [-0.15, -0.1) is 0 Å². The minimum atomic E-state index is -0.689. The topological polar surface area (TPSA) is 88.5 Å². The number of aromatic nitrogens is 4. The third-order valence-corrected chi connectivity index (χ3v) is 4.93. The Labute approximate surface area is 179 Å². The molecular weight excluding hydrogens is 407 g/mol. The largest absolute Gasteiger partial charge is 0.346 e. The fraction of sp³-hybridized carbons (Fsp3) is 0.333. The maximum absolute atomic E-state index is 14.0. The fourth-order valence-electron chi connectivity index (χ4n) is 3.19. The van der Waals surface area contributed by atoms with Gasteiger partial charge in [0.1, 0.15) is 29.0 Å². The fourth-order valence-corrected chi connectivity index (χ4v) is 3.44. The van der Waals surface area contributed by atoms with E-state index in [0.717, 1.165) is 5.82 Å². The second-order valence-electron chi connectivity index (χ2n) is 7.40. The van der Waals surface area contributed by atoms with Crippen molar-refractivity contribution in [1.82, 2.24) is 24.6 Å². The summed E-state index contributed by atoms with van der Waals surface area (Å²) in [5.74, 6) is -0.155. The highest BCUT2D eigenvalue weighted by Crippen LogP contribution is 2.26. The van der Waals surface area contributed by atoms with Gasteiger partial charge in [0.25, 0.3) is 5.91 Å². The van der Waals surface area contributed by atoms with Crippen LogP contribution in [-0.2, 0) is 6.54 Å². The molecule has 0 aliphatic heterocycles. The Kier molecular flexibility index (Phi) is 6.22. The van der Waals surface area contributed by atoms with Crippen molar-refractivity contribution >= 4 is 17.5 Å². The minimum Gasteiger partial charge on any atom is -0.346 e. The lowest BCUT2D eigenvalue weighted by atomic mass is 10.1. The number of carbonyl (C=O) groups is 1. The van der Waals surface area contributed by atoms with E-state index >= 15 is 0 Å². The zero-order valence-corrected chi connectivity index (χ0v) is 17.9. The molecule has 0 unspecified atom stereocenters. The lowest BCUT2D eigenvalue weighted by molar-refractivity contribution is 0.0931. The van der Waals surface area contributed by atoms with Crippen LogP contribution in [0.3, 0.4) is 0 Å². The maximum atomic E-state index is 14.0. The van der Waals surface area contributed by atoms with Gasteiger partial charge in [-0.3, -0.25) is 9.48 Å². The van der Waals surface area contributed by atoms with Crippen LogP contribution in [0, 0.1) is 24.1 Å². The van der Waals surface area contributed by atoms with Crippen molar-refractivity contribution in [1.29, 1.82) is 5.26 Å². The van der Waals surface area contributed by atoms with Crippen LogP contribution in [0.25, 0.3) is 11.3 Å². The molecule has 0 radical (unpaired) electrons. The number of carbonyl (C=O) groups excluding carboxylic acids is 1. The summed E-state index contributed by atoms with van der Waals surface area (Å²) >= 11 is 5.97. The van der Waals surface area contributed by atoms with Crippen molar-refractivity contribution in [3.63, 3.8) is 0 Å². The first-order valence-corrected chi connectivity index (χ1v) is 9.86. The van der Waals surface area contributed by atoms with Crippen LogP contribution in [0.2, 0.25) is 5.02 Å². The minimum absolute atomic E-state index is 0.0406. The number of rotatable bonds is 6. The molecule has 3 rings (SSSR count). The highest BCUT2D eigenvalue weighted by atomic mass is 35.5. The van der Waals surface area contributed by atoms with Gasteiger partial charge in [-0.1, -0.05) is 11.6 Å². The van der Waals surface area contributed by atoms with Crippen molar-refractivity contribution in [2.24, 2.45) is 0 Å². The van der Waals surface area contributed by atoms with Crippen molar-refractivity contribution < 1.29 is 9.18 Å². The Morgan fingerprint density at radius 3 is 2.70 bits per heavy atom. The van der Waals surface area contributed by atoms with Crippen molar-refractivity contribution in [2.45, 2.75) is 46.3 Å². The number of hydrogen-bond donors (Lipinski definition) is 1. The molecule has 1 N–H and O–H groups in total. The summed E-state index contributed by atoms with van der Waals surface area (Å²) in [6, 6.07) is 6.21. The van der Waals surface area contributed by atoms with E-state index in [-0.39, 0.29) is 28.6 Å². The first kappa shape index (κ1) is 21.5. The lowest BCUT2D eigenvalue weighted by Gasteiger charge is -2.13. The highest BCUT2D eigenvalue weighted by molar-refractivity contribution is 6.32. The van der Waals surface area contributed by atoms with E-state index < -0.39 is 5.82 Å². The van der Waals surface area contributed by atoms with Gasteiger partial charge in [0.05, 0.1) is 17.3 Å². The van der Waals surface area contributed by atoms with E-state index in [9.17, 15) is 9.18 Å². The van der Waals surface area contributed by atoms with Gasteiger partial charge in [-0.25, -0.2) is 9.37 Å². The van der Waals surface area contributed by atoms with E-state index in [0.29, 0.717) is 23.5 Å². The van der Waals surface area contributed by atoms with Crippen LogP contribution in [0.15, 0.2) is 30.6 Å².